The fourth-order valence-electron chi connectivity index (χ4n) is 2.85. The molecule has 0 radical (unpaired) electrons. The second-order valence-electron chi connectivity index (χ2n) is 6.70. The molecule has 2 unspecified atom stereocenters. The molecule has 0 aliphatic carbocycles. The van der Waals surface area contributed by atoms with Crippen LogP contribution in [0.15, 0.2) is 0 Å². The first-order valence-corrected chi connectivity index (χ1v) is 12.5. The Bertz CT molecular complexity index is 285. The largest absolute Gasteiger partial charge is 0.466 e. The topological polar surface area (TPSA) is 26.3 Å². The third-order valence-corrected chi connectivity index (χ3v) is 8.75. The lowest BCUT2D eigenvalue weighted by Gasteiger charge is -2.16. The molecule has 0 aromatic rings. The van der Waals surface area contributed by atoms with Crippen molar-refractivity contribution in [2.45, 2.75) is 112 Å². The number of ether oxygens (including phenoxy) is 1. The van der Waals surface area contributed by atoms with Crippen LogP contribution >= 0.6 is 45.2 Å². The van der Waals surface area contributed by atoms with Crippen molar-refractivity contribution >= 4 is 51.2 Å². The van der Waals surface area contributed by atoms with Gasteiger partial charge in [-0.15, -0.1) is 0 Å². The predicted octanol–water partition coefficient (Wildman–Crippen LogP) is 7.64. The summed E-state index contributed by atoms with van der Waals surface area (Å²) in [6, 6.07) is 0. The van der Waals surface area contributed by atoms with Crippen LogP contribution in [-0.4, -0.2) is 20.4 Å². The van der Waals surface area contributed by atoms with Crippen molar-refractivity contribution in [2.24, 2.45) is 0 Å². The van der Waals surface area contributed by atoms with E-state index in [1.165, 1.54) is 70.6 Å². The van der Waals surface area contributed by atoms with Crippen LogP contribution in [0.5, 0.6) is 0 Å². The SMILES string of the molecule is CCCCCCCCC(I)C(I)CCCCCCCC(=O)OCC. The van der Waals surface area contributed by atoms with Crippen LogP contribution in [0.3, 0.4) is 0 Å². The van der Waals surface area contributed by atoms with Crippen LogP contribution < -0.4 is 0 Å². The molecule has 0 heterocycles. The van der Waals surface area contributed by atoms with Crippen LogP contribution in [0, 0.1) is 0 Å². The Kier molecular flexibility index (Phi) is 19.4. The Hall–Kier alpha value is 0.930. The summed E-state index contributed by atoms with van der Waals surface area (Å²) in [4.78, 5) is 11.2. The Morgan fingerprint density at radius 2 is 1.21 bits per heavy atom. The van der Waals surface area contributed by atoms with Crippen molar-refractivity contribution in [3.05, 3.63) is 0 Å². The third-order valence-electron chi connectivity index (χ3n) is 4.39. The minimum atomic E-state index is -0.0349. The van der Waals surface area contributed by atoms with Gasteiger partial charge in [-0.1, -0.05) is 116 Å². The number of unbranched alkanes of at least 4 members (excludes halogenated alkanes) is 9. The van der Waals surface area contributed by atoms with Crippen LogP contribution in [0.4, 0.5) is 0 Å². The summed E-state index contributed by atoms with van der Waals surface area (Å²) in [5.74, 6) is -0.0349. The molecule has 4 heteroatoms. The fourth-order valence-corrected chi connectivity index (χ4v) is 4.45. The Morgan fingerprint density at radius 1 is 0.750 bits per heavy atom. The van der Waals surface area contributed by atoms with E-state index in [1.54, 1.807) is 0 Å². The first-order chi connectivity index (χ1) is 11.6. The molecule has 0 saturated carbocycles. The quantitative estimate of drug-likeness (QED) is 0.0786. The highest BCUT2D eigenvalue weighted by atomic mass is 127. The molecule has 0 aromatic heterocycles. The number of carbonyl (C=O) groups excluding carboxylic acids is 1. The molecular formula is C20H38I2O2. The van der Waals surface area contributed by atoms with Gasteiger partial charge in [-0.05, 0) is 26.2 Å². The summed E-state index contributed by atoms with van der Waals surface area (Å²) in [6.45, 7) is 4.65. The van der Waals surface area contributed by atoms with E-state index in [9.17, 15) is 4.79 Å². The van der Waals surface area contributed by atoms with Crippen molar-refractivity contribution in [3.63, 3.8) is 0 Å². The Morgan fingerprint density at radius 3 is 1.71 bits per heavy atom. The van der Waals surface area contributed by atoms with Crippen LogP contribution in [0.2, 0.25) is 0 Å². The zero-order valence-corrected chi connectivity index (χ0v) is 20.1. The normalized spacial score (nSPS) is 13.7. The molecule has 0 aliphatic heterocycles. The van der Waals surface area contributed by atoms with E-state index < -0.39 is 0 Å². The molecular weight excluding hydrogens is 526 g/mol. The Balaban J connectivity index is 3.41. The van der Waals surface area contributed by atoms with Gasteiger partial charge in [-0.25, -0.2) is 0 Å². The summed E-state index contributed by atoms with van der Waals surface area (Å²) in [7, 11) is 0. The van der Waals surface area contributed by atoms with Crippen LogP contribution in [0.25, 0.3) is 0 Å². The van der Waals surface area contributed by atoms with Crippen LogP contribution in [0.1, 0.15) is 104 Å². The smallest absolute Gasteiger partial charge is 0.305 e. The monoisotopic (exact) mass is 564 g/mol. The highest BCUT2D eigenvalue weighted by molar-refractivity contribution is 14.1. The van der Waals surface area contributed by atoms with Gasteiger partial charge in [0.25, 0.3) is 0 Å². The van der Waals surface area contributed by atoms with E-state index in [2.05, 4.69) is 52.1 Å². The molecule has 0 rings (SSSR count). The molecule has 0 aliphatic rings. The molecule has 0 aromatic carbocycles. The zero-order valence-electron chi connectivity index (χ0n) is 15.8. The first-order valence-electron chi connectivity index (χ1n) is 10.1. The first kappa shape index (κ1) is 24.9. The van der Waals surface area contributed by atoms with Gasteiger partial charge in [0.1, 0.15) is 0 Å². The lowest BCUT2D eigenvalue weighted by atomic mass is 10.0. The molecule has 0 saturated heterocycles. The highest BCUT2D eigenvalue weighted by Gasteiger charge is 2.14. The number of carbonyl (C=O) groups is 1. The van der Waals surface area contributed by atoms with Gasteiger partial charge < -0.3 is 4.74 Å². The van der Waals surface area contributed by atoms with Crippen molar-refractivity contribution in [1.29, 1.82) is 0 Å². The standard InChI is InChI=1S/C20H38I2O2/c1-3-5-6-7-9-12-15-18(21)19(22)16-13-10-8-11-14-17-20(23)24-4-2/h18-19H,3-17H2,1-2H3. The van der Waals surface area contributed by atoms with E-state index >= 15 is 0 Å². The minimum absolute atomic E-state index is 0.0349. The molecule has 0 bridgehead atoms. The number of rotatable bonds is 17. The maximum absolute atomic E-state index is 11.2. The van der Waals surface area contributed by atoms with Crippen molar-refractivity contribution in [1.82, 2.24) is 0 Å². The van der Waals surface area contributed by atoms with E-state index in [0.717, 1.165) is 20.7 Å². The number of alkyl halides is 2. The van der Waals surface area contributed by atoms with E-state index in [1.807, 2.05) is 6.92 Å². The molecule has 0 amide bonds. The van der Waals surface area contributed by atoms with Gasteiger partial charge in [0, 0.05) is 14.3 Å². The number of hydrogen-bond donors (Lipinski definition) is 0. The molecule has 2 atom stereocenters. The van der Waals surface area contributed by atoms with Crippen molar-refractivity contribution < 1.29 is 9.53 Å². The van der Waals surface area contributed by atoms with Crippen LogP contribution in [-0.2, 0) is 9.53 Å². The molecule has 24 heavy (non-hydrogen) atoms. The maximum atomic E-state index is 11.2. The summed E-state index contributed by atoms with van der Waals surface area (Å²) in [6.07, 6.45) is 17.8. The van der Waals surface area contributed by atoms with Gasteiger partial charge in [-0.3, -0.25) is 4.79 Å². The van der Waals surface area contributed by atoms with E-state index in [4.69, 9.17) is 4.74 Å². The number of hydrogen-bond acceptors (Lipinski definition) is 2. The average Bonchev–Trinajstić information content (AvgIpc) is 2.56. The van der Waals surface area contributed by atoms with Gasteiger partial charge >= 0.3 is 5.97 Å². The zero-order chi connectivity index (χ0) is 18.0. The Labute approximate surface area is 177 Å². The van der Waals surface area contributed by atoms with Gasteiger partial charge in [-0.2, -0.15) is 0 Å². The van der Waals surface area contributed by atoms with Gasteiger partial charge in [0.2, 0.25) is 0 Å². The van der Waals surface area contributed by atoms with Crippen molar-refractivity contribution in [3.8, 4) is 0 Å². The molecule has 0 spiro atoms. The molecule has 0 N–H and O–H groups in total. The fraction of sp³-hybridized carbons (Fsp3) is 0.950. The van der Waals surface area contributed by atoms with Gasteiger partial charge in [0.05, 0.1) is 6.61 Å². The van der Waals surface area contributed by atoms with Crippen molar-refractivity contribution in [2.75, 3.05) is 6.61 Å². The molecule has 0 fully saturated rings. The van der Waals surface area contributed by atoms with Gasteiger partial charge in [0.15, 0.2) is 0 Å². The second-order valence-corrected chi connectivity index (χ2v) is 9.90. The highest BCUT2D eigenvalue weighted by Crippen LogP contribution is 2.26. The summed E-state index contributed by atoms with van der Waals surface area (Å²) >= 11 is 5.33. The number of esters is 1. The molecule has 2 nitrogen and oxygen atoms in total. The summed E-state index contributed by atoms with van der Waals surface area (Å²) in [5, 5.41) is 0. The lowest BCUT2D eigenvalue weighted by molar-refractivity contribution is -0.143. The average molecular weight is 564 g/mol. The third kappa shape index (κ3) is 16.4. The summed E-state index contributed by atoms with van der Waals surface area (Å²) < 4.78 is 6.60. The van der Waals surface area contributed by atoms with E-state index in [-0.39, 0.29) is 5.97 Å². The minimum Gasteiger partial charge on any atom is -0.466 e. The maximum Gasteiger partial charge on any atom is 0.305 e. The second kappa shape index (κ2) is 18.7. The van der Waals surface area contributed by atoms with E-state index in [0.29, 0.717) is 13.0 Å². The number of halogens is 2. The summed E-state index contributed by atoms with van der Waals surface area (Å²) in [5.41, 5.74) is 0. The molecule has 144 valence electrons. The lowest BCUT2D eigenvalue weighted by Crippen LogP contribution is -2.13. The predicted molar refractivity (Wildman–Crippen MR) is 123 cm³/mol.